The molecule has 0 atom stereocenters. The molecule has 0 heterocycles. The third-order valence-corrected chi connectivity index (χ3v) is 4.13. The first-order valence-electron chi connectivity index (χ1n) is 10.1. The Kier molecular flexibility index (Phi) is 13.6. The van der Waals surface area contributed by atoms with Gasteiger partial charge in [-0.3, -0.25) is 9.79 Å². The molecule has 0 bridgehead atoms. The summed E-state index contributed by atoms with van der Waals surface area (Å²) < 4.78 is 11.0. The Morgan fingerprint density at radius 1 is 1.04 bits per heavy atom. The summed E-state index contributed by atoms with van der Waals surface area (Å²) >= 11 is 0. The lowest BCUT2D eigenvalue weighted by Crippen LogP contribution is -2.45. The van der Waals surface area contributed by atoms with Gasteiger partial charge in [0.1, 0.15) is 0 Å². The Morgan fingerprint density at radius 3 is 2.39 bits per heavy atom. The molecule has 2 N–H and O–H groups in total. The van der Waals surface area contributed by atoms with Gasteiger partial charge in [0.15, 0.2) is 5.96 Å². The zero-order chi connectivity index (χ0) is 20.5. The van der Waals surface area contributed by atoms with Crippen molar-refractivity contribution in [1.82, 2.24) is 15.5 Å². The van der Waals surface area contributed by atoms with Crippen molar-refractivity contribution in [3.8, 4) is 0 Å². The van der Waals surface area contributed by atoms with Gasteiger partial charge in [0.2, 0.25) is 5.91 Å². The van der Waals surface area contributed by atoms with Gasteiger partial charge in [0.05, 0.1) is 26.4 Å². The normalized spacial score (nSPS) is 11.3. The molecule has 0 aliphatic heterocycles. The van der Waals surface area contributed by atoms with Gasteiger partial charge in [0.25, 0.3) is 0 Å². The number of rotatable bonds is 14. The Morgan fingerprint density at radius 2 is 1.75 bits per heavy atom. The number of carbonyl (C=O) groups excluding carboxylic acids is 1. The van der Waals surface area contributed by atoms with E-state index in [4.69, 9.17) is 9.47 Å². The Labute approximate surface area is 169 Å². The van der Waals surface area contributed by atoms with Crippen molar-refractivity contribution in [2.75, 3.05) is 53.1 Å². The standard InChI is InChI=1S/C21H36N4O3/c1-4-6-13-27-15-16-28-14-12-23-21(22-3)24-17-20(26)25(5-2)18-19-10-8-7-9-11-19/h7-11H,4-6,12-18H2,1-3H3,(H2,22,23,24). The number of aliphatic imine (C=N–C) groups is 1. The molecular weight excluding hydrogens is 356 g/mol. The molecule has 0 spiro atoms. The summed E-state index contributed by atoms with van der Waals surface area (Å²) in [5.74, 6) is 0.627. The molecule has 158 valence electrons. The highest BCUT2D eigenvalue weighted by atomic mass is 16.5. The number of amides is 1. The molecule has 0 aliphatic carbocycles. The third-order valence-electron chi connectivity index (χ3n) is 4.13. The van der Waals surface area contributed by atoms with E-state index in [0.29, 0.717) is 45.4 Å². The zero-order valence-corrected chi connectivity index (χ0v) is 17.6. The lowest BCUT2D eigenvalue weighted by molar-refractivity contribution is -0.130. The number of likely N-dealkylation sites (N-methyl/N-ethyl adjacent to an activating group) is 1. The quantitative estimate of drug-likeness (QED) is 0.288. The second kappa shape index (κ2) is 15.9. The third kappa shape index (κ3) is 10.9. The fourth-order valence-electron chi connectivity index (χ4n) is 2.48. The van der Waals surface area contributed by atoms with Crippen LogP contribution in [0, 0.1) is 0 Å². The van der Waals surface area contributed by atoms with E-state index in [9.17, 15) is 4.79 Å². The van der Waals surface area contributed by atoms with E-state index in [1.54, 1.807) is 7.05 Å². The first-order chi connectivity index (χ1) is 13.7. The highest BCUT2D eigenvalue weighted by Gasteiger charge is 2.12. The molecular formula is C21H36N4O3. The monoisotopic (exact) mass is 392 g/mol. The summed E-state index contributed by atoms with van der Waals surface area (Å²) in [5.41, 5.74) is 1.12. The second-order valence-corrected chi connectivity index (χ2v) is 6.32. The Bertz CT molecular complexity index is 552. The van der Waals surface area contributed by atoms with Crippen molar-refractivity contribution in [3.05, 3.63) is 35.9 Å². The molecule has 1 aromatic rings. The molecule has 0 fully saturated rings. The van der Waals surface area contributed by atoms with Crippen LogP contribution in [-0.2, 0) is 20.8 Å². The van der Waals surface area contributed by atoms with Crippen molar-refractivity contribution < 1.29 is 14.3 Å². The summed E-state index contributed by atoms with van der Waals surface area (Å²) in [6, 6.07) is 9.99. The Hall–Kier alpha value is -2.12. The van der Waals surface area contributed by atoms with E-state index in [-0.39, 0.29) is 12.5 Å². The summed E-state index contributed by atoms with van der Waals surface area (Å²) in [6.45, 7) is 8.77. The van der Waals surface area contributed by atoms with Gasteiger partial charge in [-0.15, -0.1) is 0 Å². The number of nitrogens with one attached hydrogen (secondary N) is 2. The average molecular weight is 393 g/mol. The minimum atomic E-state index is 0.0368. The molecule has 1 amide bonds. The van der Waals surface area contributed by atoms with E-state index >= 15 is 0 Å². The number of unbranched alkanes of at least 4 members (excludes halogenated alkanes) is 1. The molecule has 0 saturated carbocycles. The zero-order valence-electron chi connectivity index (χ0n) is 17.6. The molecule has 0 saturated heterocycles. The second-order valence-electron chi connectivity index (χ2n) is 6.32. The number of benzene rings is 1. The van der Waals surface area contributed by atoms with Gasteiger partial charge in [-0.05, 0) is 18.9 Å². The van der Waals surface area contributed by atoms with Crippen LogP contribution >= 0.6 is 0 Å². The molecule has 0 unspecified atom stereocenters. The van der Waals surface area contributed by atoms with E-state index in [1.165, 1.54) is 0 Å². The van der Waals surface area contributed by atoms with Gasteiger partial charge >= 0.3 is 0 Å². The maximum absolute atomic E-state index is 12.5. The van der Waals surface area contributed by atoms with Crippen molar-refractivity contribution in [3.63, 3.8) is 0 Å². The first kappa shape index (κ1) is 23.9. The van der Waals surface area contributed by atoms with E-state index in [2.05, 4.69) is 22.5 Å². The molecule has 7 heteroatoms. The lowest BCUT2D eigenvalue weighted by atomic mass is 10.2. The number of hydrogen-bond acceptors (Lipinski definition) is 4. The van der Waals surface area contributed by atoms with E-state index in [0.717, 1.165) is 25.0 Å². The number of nitrogens with zero attached hydrogens (tertiary/aromatic N) is 2. The van der Waals surface area contributed by atoms with Crippen molar-refractivity contribution in [1.29, 1.82) is 0 Å². The van der Waals surface area contributed by atoms with Crippen LogP contribution in [0.4, 0.5) is 0 Å². The van der Waals surface area contributed by atoms with Crippen LogP contribution in [0.25, 0.3) is 0 Å². The minimum Gasteiger partial charge on any atom is -0.379 e. The number of hydrogen-bond donors (Lipinski definition) is 2. The lowest BCUT2D eigenvalue weighted by Gasteiger charge is -2.22. The van der Waals surface area contributed by atoms with Gasteiger partial charge < -0.3 is 25.0 Å². The van der Waals surface area contributed by atoms with Crippen LogP contribution in [0.2, 0.25) is 0 Å². The minimum absolute atomic E-state index is 0.0368. The fraction of sp³-hybridized carbons (Fsp3) is 0.619. The van der Waals surface area contributed by atoms with E-state index < -0.39 is 0 Å². The summed E-state index contributed by atoms with van der Waals surface area (Å²) in [6.07, 6.45) is 2.23. The molecule has 7 nitrogen and oxygen atoms in total. The molecule has 1 rings (SSSR count). The van der Waals surface area contributed by atoms with E-state index in [1.807, 2.05) is 42.2 Å². The first-order valence-corrected chi connectivity index (χ1v) is 10.1. The Balaban J connectivity index is 2.19. The average Bonchev–Trinajstić information content (AvgIpc) is 2.73. The van der Waals surface area contributed by atoms with Crippen LogP contribution < -0.4 is 10.6 Å². The van der Waals surface area contributed by atoms with Crippen LogP contribution in [0.15, 0.2) is 35.3 Å². The van der Waals surface area contributed by atoms with Crippen LogP contribution in [0.1, 0.15) is 32.3 Å². The summed E-state index contributed by atoms with van der Waals surface area (Å²) in [5, 5.41) is 6.21. The molecule has 0 radical (unpaired) electrons. The van der Waals surface area contributed by atoms with Crippen molar-refractivity contribution in [2.45, 2.75) is 33.2 Å². The van der Waals surface area contributed by atoms with Crippen LogP contribution in [0.5, 0.6) is 0 Å². The highest BCUT2D eigenvalue weighted by molar-refractivity contribution is 5.86. The largest absolute Gasteiger partial charge is 0.379 e. The maximum Gasteiger partial charge on any atom is 0.242 e. The number of ether oxygens (including phenoxy) is 2. The molecule has 0 aromatic heterocycles. The van der Waals surface area contributed by atoms with Gasteiger partial charge in [-0.2, -0.15) is 0 Å². The van der Waals surface area contributed by atoms with Crippen molar-refractivity contribution in [2.24, 2.45) is 4.99 Å². The predicted molar refractivity (Wildman–Crippen MR) is 113 cm³/mol. The van der Waals surface area contributed by atoms with Crippen LogP contribution in [-0.4, -0.2) is 69.9 Å². The van der Waals surface area contributed by atoms with Crippen LogP contribution in [0.3, 0.4) is 0 Å². The van der Waals surface area contributed by atoms with Gasteiger partial charge in [0, 0.05) is 33.3 Å². The molecule has 28 heavy (non-hydrogen) atoms. The summed E-state index contributed by atoms with van der Waals surface area (Å²) in [4.78, 5) is 18.4. The predicted octanol–water partition coefficient (Wildman–Crippen LogP) is 2.03. The fourth-order valence-corrected chi connectivity index (χ4v) is 2.48. The highest BCUT2D eigenvalue weighted by Crippen LogP contribution is 2.04. The molecule has 0 aliphatic rings. The van der Waals surface area contributed by atoms with Gasteiger partial charge in [-0.25, -0.2) is 0 Å². The SMILES string of the molecule is CCCCOCCOCCNC(=NC)NCC(=O)N(CC)Cc1ccccc1. The topological polar surface area (TPSA) is 75.2 Å². The van der Waals surface area contributed by atoms with Crippen molar-refractivity contribution >= 4 is 11.9 Å². The van der Waals surface area contributed by atoms with Gasteiger partial charge in [-0.1, -0.05) is 43.7 Å². The maximum atomic E-state index is 12.5. The molecule has 1 aromatic carbocycles. The summed E-state index contributed by atoms with van der Waals surface area (Å²) in [7, 11) is 1.68. The number of carbonyl (C=O) groups is 1. The smallest absolute Gasteiger partial charge is 0.242 e. The number of guanidine groups is 1.